The van der Waals surface area contributed by atoms with Crippen molar-refractivity contribution in [2.75, 3.05) is 6.61 Å². The van der Waals surface area contributed by atoms with Gasteiger partial charge in [0.2, 0.25) is 0 Å². The summed E-state index contributed by atoms with van der Waals surface area (Å²) in [6.45, 7) is 0.234. The molecule has 4 heteroatoms. The Balaban J connectivity index is 1.84. The lowest BCUT2D eigenvalue weighted by Gasteiger charge is -2.30. The standard InChI is InChI=1S/C13H22O4/c14-8-4-2-1-3-7-13(12(15)16)9-10-5-6-11(13)17-10/h10-11,14H,1-9H2,(H,15,16). The second-order valence-electron chi connectivity index (χ2n) is 5.38. The summed E-state index contributed by atoms with van der Waals surface area (Å²) in [6.07, 6.45) is 7.26. The van der Waals surface area contributed by atoms with E-state index in [-0.39, 0.29) is 18.8 Å². The molecule has 0 saturated carbocycles. The van der Waals surface area contributed by atoms with E-state index in [4.69, 9.17) is 9.84 Å². The molecule has 3 atom stereocenters. The van der Waals surface area contributed by atoms with Gasteiger partial charge in [0.15, 0.2) is 0 Å². The molecule has 0 spiro atoms. The number of ether oxygens (including phenoxy) is 1. The molecular formula is C13H22O4. The van der Waals surface area contributed by atoms with Crippen molar-refractivity contribution in [2.45, 2.75) is 63.6 Å². The minimum atomic E-state index is -0.674. The van der Waals surface area contributed by atoms with Crippen molar-refractivity contribution in [1.82, 2.24) is 0 Å². The Bertz CT molecular complexity index is 279. The number of hydrogen-bond acceptors (Lipinski definition) is 3. The molecule has 2 rings (SSSR count). The Morgan fingerprint density at radius 2 is 2.00 bits per heavy atom. The molecular weight excluding hydrogens is 220 g/mol. The zero-order chi connectivity index (χ0) is 12.3. The lowest BCUT2D eigenvalue weighted by molar-refractivity contribution is -0.153. The van der Waals surface area contributed by atoms with E-state index in [1.54, 1.807) is 0 Å². The highest BCUT2D eigenvalue weighted by Gasteiger charge is 2.56. The molecule has 0 aromatic carbocycles. The molecule has 2 bridgehead atoms. The first kappa shape index (κ1) is 12.8. The van der Waals surface area contributed by atoms with E-state index < -0.39 is 11.4 Å². The average molecular weight is 242 g/mol. The van der Waals surface area contributed by atoms with E-state index in [0.717, 1.165) is 44.9 Å². The van der Waals surface area contributed by atoms with Crippen LogP contribution in [0.25, 0.3) is 0 Å². The number of carboxylic acids is 1. The van der Waals surface area contributed by atoms with Gasteiger partial charge >= 0.3 is 5.97 Å². The van der Waals surface area contributed by atoms with Crippen molar-refractivity contribution in [2.24, 2.45) is 5.41 Å². The Hall–Kier alpha value is -0.610. The SMILES string of the molecule is O=C(O)C1(CCCCCCO)CC2CCC1O2. The van der Waals surface area contributed by atoms with Crippen LogP contribution in [-0.2, 0) is 9.53 Å². The number of carbonyl (C=O) groups is 1. The van der Waals surface area contributed by atoms with E-state index in [2.05, 4.69) is 0 Å². The molecule has 4 nitrogen and oxygen atoms in total. The van der Waals surface area contributed by atoms with E-state index in [9.17, 15) is 9.90 Å². The van der Waals surface area contributed by atoms with Crippen LogP contribution in [0.4, 0.5) is 0 Å². The minimum Gasteiger partial charge on any atom is -0.481 e. The first-order chi connectivity index (χ1) is 8.19. The Morgan fingerprint density at radius 3 is 2.53 bits per heavy atom. The normalized spacial score (nSPS) is 35.4. The molecule has 98 valence electrons. The molecule has 2 aliphatic heterocycles. The molecule has 2 N–H and O–H groups in total. The first-order valence-electron chi connectivity index (χ1n) is 6.69. The van der Waals surface area contributed by atoms with E-state index in [1.165, 1.54) is 0 Å². The first-order valence-corrected chi connectivity index (χ1v) is 6.69. The van der Waals surface area contributed by atoms with Gasteiger partial charge in [-0.1, -0.05) is 19.3 Å². The molecule has 3 unspecified atom stereocenters. The Labute approximate surface area is 102 Å². The van der Waals surface area contributed by atoms with Crippen LogP contribution in [0, 0.1) is 5.41 Å². The Morgan fingerprint density at radius 1 is 1.24 bits per heavy atom. The van der Waals surface area contributed by atoms with Crippen LogP contribution < -0.4 is 0 Å². The van der Waals surface area contributed by atoms with Crippen molar-refractivity contribution in [3.8, 4) is 0 Å². The molecule has 0 aromatic heterocycles. The van der Waals surface area contributed by atoms with E-state index in [1.807, 2.05) is 0 Å². The average Bonchev–Trinajstić information content (AvgIpc) is 2.89. The fourth-order valence-electron chi connectivity index (χ4n) is 3.30. The highest BCUT2D eigenvalue weighted by molar-refractivity contribution is 5.76. The fourth-order valence-corrected chi connectivity index (χ4v) is 3.30. The number of aliphatic hydroxyl groups is 1. The molecule has 0 radical (unpaired) electrons. The van der Waals surface area contributed by atoms with Crippen molar-refractivity contribution in [1.29, 1.82) is 0 Å². The molecule has 0 amide bonds. The largest absolute Gasteiger partial charge is 0.481 e. The number of carboxylic acid groups (broad SMARTS) is 1. The van der Waals surface area contributed by atoms with Gasteiger partial charge in [-0.2, -0.15) is 0 Å². The monoisotopic (exact) mass is 242 g/mol. The fraction of sp³-hybridized carbons (Fsp3) is 0.923. The predicted molar refractivity (Wildman–Crippen MR) is 62.8 cm³/mol. The number of unbranched alkanes of at least 4 members (excludes halogenated alkanes) is 3. The van der Waals surface area contributed by atoms with Crippen molar-refractivity contribution in [3.63, 3.8) is 0 Å². The number of aliphatic hydroxyl groups excluding tert-OH is 1. The van der Waals surface area contributed by atoms with E-state index >= 15 is 0 Å². The van der Waals surface area contributed by atoms with Crippen molar-refractivity contribution >= 4 is 5.97 Å². The van der Waals surface area contributed by atoms with Gasteiger partial charge in [0.1, 0.15) is 0 Å². The maximum Gasteiger partial charge on any atom is 0.312 e. The lowest BCUT2D eigenvalue weighted by Crippen LogP contribution is -2.40. The lowest BCUT2D eigenvalue weighted by atomic mass is 9.70. The summed E-state index contributed by atoms with van der Waals surface area (Å²) < 4.78 is 5.71. The maximum atomic E-state index is 11.5. The number of hydrogen-bond donors (Lipinski definition) is 2. The second kappa shape index (κ2) is 5.36. The van der Waals surface area contributed by atoms with Gasteiger partial charge in [-0.15, -0.1) is 0 Å². The van der Waals surface area contributed by atoms with Crippen LogP contribution in [-0.4, -0.2) is 35.0 Å². The summed E-state index contributed by atoms with van der Waals surface area (Å²) in [5.41, 5.74) is -0.609. The molecule has 2 saturated heterocycles. The molecule has 2 fully saturated rings. The highest BCUT2D eigenvalue weighted by Crippen LogP contribution is 2.50. The maximum absolute atomic E-state index is 11.5. The molecule has 2 aliphatic rings. The summed E-state index contributed by atoms with van der Waals surface area (Å²) in [7, 11) is 0. The van der Waals surface area contributed by atoms with Crippen LogP contribution in [0.3, 0.4) is 0 Å². The third kappa shape index (κ3) is 2.47. The zero-order valence-corrected chi connectivity index (χ0v) is 10.2. The van der Waals surface area contributed by atoms with Crippen LogP contribution >= 0.6 is 0 Å². The molecule has 0 aliphatic carbocycles. The van der Waals surface area contributed by atoms with Crippen LogP contribution in [0.5, 0.6) is 0 Å². The summed E-state index contributed by atoms with van der Waals surface area (Å²) in [6, 6.07) is 0. The van der Waals surface area contributed by atoms with Gasteiger partial charge < -0.3 is 14.9 Å². The van der Waals surface area contributed by atoms with E-state index in [0.29, 0.717) is 6.42 Å². The molecule has 2 heterocycles. The van der Waals surface area contributed by atoms with Crippen LogP contribution in [0.15, 0.2) is 0 Å². The summed E-state index contributed by atoms with van der Waals surface area (Å²) in [5, 5.41) is 18.2. The highest BCUT2D eigenvalue weighted by atomic mass is 16.5. The van der Waals surface area contributed by atoms with Crippen LogP contribution in [0.1, 0.15) is 51.4 Å². The van der Waals surface area contributed by atoms with Crippen molar-refractivity contribution < 1.29 is 19.7 Å². The summed E-state index contributed by atoms with van der Waals surface area (Å²) >= 11 is 0. The number of aliphatic carboxylic acids is 1. The van der Waals surface area contributed by atoms with Gasteiger partial charge in [-0.05, 0) is 32.1 Å². The smallest absolute Gasteiger partial charge is 0.312 e. The minimum absolute atomic E-state index is 0.0529. The quantitative estimate of drug-likeness (QED) is 0.670. The van der Waals surface area contributed by atoms with Gasteiger partial charge in [-0.3, -0.25) is 4.79 Å². The van der Waals surface area contributed by atoms with Crippen LogP contribution in [0.2, 0.25) is 0 Å². The van der Waals surface area contributed by atoms with Gasteiger partial charge in [0.05, 0.1) is 17.6 Å². The topological polar surface area (TPSA) is 66.8 Å². The number of rotatable bonds is 7. The molecule has 0 aromatic rings. The second-order valence-corrected chi connectivity index (χ2v) is 5.38. The summed E-state index contributed by atoms with van der Waals surface area (Å²) in [4.78, 5) is 11.5. The number of fused-ring (bicyclic) bond motifs is 2. The Kier molecular flexibility index (Phi) is 4.05. The third-order valence-electron chi connectivity index (χ3n) is 4.27. The van der Waals surface area contributed by atoms with Gasteiger partial charge in [0, 0.05) is 6.61 Å². The molecule has 17 heavy (non-hydrogen) atoms. The summed E-state index contributed by atoms with van der Waals surface area (Å²) in [5.74, 6) is -0.674. The van der Waals surface area contributed by atoms with Crippen molar-refractivity contribution in [3.05, 3.63) is 0 Å². The predicted octanol–water partition coefficient (Wildman–Crippen LogP) is 1.95. The van der Waals surface area contributed by atoms with Gasteiger partial charge in [0.25, 0.3) is 0 Å². The zero-order valence-electron chi connectivity index (χ0n) is 10.2. The third-order valence-corrected chi connectivity index (χ3v) is 4.27. The van der Waals surface area contributed by atoms with Gasteiger partial charge in [-0.25, -0.2) is 0 Å².